The second kappa shape index (κ2) is 6.11. The fourth-order valence-electron chi connectivity index (χ4n) is 2.90. The smallest absolute Gasteiger partial charge is 0.162 e. The summed E-state index contributed by atoms with van der Waals surface area (Å²) >= 11 is 0. The summed E-state index contributed by atoms with van der Waals surface area (Å²) in [7, 11) is 1.67. The van der Waals surface area contributed by atoms with Gasteiger partial charge in [0.25, 0.3) is 0 Å². The second-order valence-electron chi connectivity index (χ2n) is 6.18. The Morgan fingerprint density at radius 3 is 2.96 bits per heavy atom. The molecule has 3 aromatic rings. The fraction of sp³-hybridized carbons (Fsp3) is 0.389. The first kappa shape index (κ1) is 14.9. The van der Waals surface area contributed by atoms with Crippen molar-refractivity contribution in [1.29, 1.82) is 0 Å². The van der Waals surface area contributed by atoms with Crippen molar-refractivity contribution >= 4 is 0 Å². The molecule has 2 aromatic heterocycles. The van der Waals surface area contributed by atoms with E-state index >= 15 is 0 Å². The first-order chi connectivity index (χ1) is 11.8. The average molecular weight is 323 g/mol. The lowest BCUT2D eigenvalue weighted by Gasteiger charge is -2.06. The highest BCUT2D eigenvalue weighted by atomic mass is 16.5. The van der Waals surface area contributed by atoms with Crippen LogP contribution in [0.15, 0.2) is 30.5 Å². The molecule has 1 saturated carbocycles. The summed E-state index contributed by atoms with van der Waals surface area (Å²) in [5.41, 5.74) is 2.96. The molecule has 4 rings (SSSR count). The largest absolute Gasteiger partial charge is 0.497 e. The average Bonchev–Trinajstić information content (AvgIpc) is 3.20. The number of rotatable bonds is 6. The lowest BCUT2D eigenvalue weighted by Crippen LogP contribution is -2.02. The number of aromatic nitrogens is 5. The van der Waals surface area contributed by atoms with Crippen molar-refractivity contribution in [3.05, 3.63) is 36.3 Å². The number of hydrogen-bond donors (Lipinski definition) is 1. The summed E-state index contributed by atoms with van der Waals surface area (Å²) in [5.74, 6) is 3.22. The summed E-state index contributed by atoms with van der Waals surface area (Å²) in [6, 6.07) is 7.96. The predicted molar refractivity (Wildman–Crippen MR) is 91.9 cm³/mol. The fourth-order valence-corrected chi connectivity index (χ4v) is 2.90. The molecule has 1 fully saturated rings. The Balaban J connectivity index is 1.79. The van der Waals surface area contributed by atoms with E-state index in [0.29, 0.717) is 5.92 Å². The van der Waals surface area contributed by atoms with Gasteiger partial charge in [-0.05, 0) is 31.4 Å². The molecule has 0 bridgehead atoms. The standard InChI is InChI=1S/C18H21N5O/c1-3-9-23-18(20-17(22-23)12-7-8-12)15-11-19-21-16(15)13-5-4-6-14(10-13)24-2/h4-6,10-12H,3,7-9H2,1-2H3,(H,19,21). The molecule has 0 spiro atoms. The van der Waals surface area contributed by atoms with Gasteiger partial charge in [-0.2, -0.15) is 10.2 Å². The van der Waals surface area contributed by atoms with E-state index in [1.807, 2.05) is 35.1 Å². The number of benzene rings is 1. The van der Waals surface area contributed by atoms with Gasteiger partial charge in [0, 0.05) is 18.0 Å². The number of hydrogen-bond acceptors (Lipinski definition) is 4. The number of aryl methyl sites for hydroxylation is 1. The summed E-state index contributed by atoms with van der Waals surface area (Å²) < 4.78 is 7.35. The van der Waals surface area contributed by atoms with Gasteiger partial charge in [-0.25, -0.2) is 9.67 Å². The maximum Gasteiger partial charge on any atom is 0.162 e. The van der Waals surface area contributed by atoms with Crippen LogP contribution in [-0.4, -0.2) is 32.1 Å². The van der Waals surface area contributed by atoms with Gasteiger partial charge >= 0.3 is 0 Å². The molecule has 1 aliphatic carbocycles. The van der Waals surface area contributed by atoms with E-state index in [2.05, 4.69) is 17.1 Å². The van der Waals surface area contributed by atoms with E-state index < -0.39 is 0 Å². The van der Waals surface area contributed by atoms with Crippen LogP contribution in [-0.2, 0) is 6.54 Å². The third-order valence-electron chi connectivity index (χ3n) is 4.30. The molecule has 0 aliphatic heterocycles. The summed E-state index contributed by atoms with van der Waals surface area (Å²) in [6.07, 6.45) is 5.25. The van der Waals surface area contributed by atoms with Gasteiger partial charge in [0.1, 0.15) is 5.75 Å². The van der Waals surface area contributed by atoms with Gasteiger partial charge in [0.2, 0.25) is 0 Å². The molecule has 0 unspecified atom stereocenters. The highest BCUT2D eigenvalue weighted by Gasteiger charge is 2.29. The van der Waals surface area contributed by atoms with Crippen molar-refractivity contribution in [1.82, 2.24) is 25.0 Å². The van der Waals surface area contributed by atoms with Gasteiger partial charge in [-0.15, -0.1) is 0 Å². The third kappa shape index (κ3) is 2.68. The van der Waals surface area contributed by atoms with E-state index in [0.717, 1.165) is 47.2 Å². The SMILES string of the molecule is CCCn1nc(C2CC2)nc1-c1cn[nH]c1-c1cccc(OC)c1. The molecule has 0 saturated heterocycles. The molecular weight excluding hydrogens is 302 g/mol. The predicted octanol–water partition coefficient (Wildman–Crippen LogP) is 3.63. The first-order valence-electron chi connectivity index (χ1n) is 8.43. The van der Waals surface area contributed by atoms with E-state index in [1.165, 1.54) is 12.8 Å². The minimum atomic E-state index is 0.536. The molecule has 6 nitrogen and oxygen atoms in total. The molecule has 124 valence electrons. The van der Waals surface area contributed by atoms with Crippen LogP contribution in [0.1, 0.15) is 37.9 Å². The van der Waals surface area contributed by atoms with E-state index in [-0.39, 0.29) is 0 Å². The van der Waals surface area contributed by atoms with Crippen molar-refractivity contribution < 1.29 is 4.74 Å². The molecule has 6 heteroatoms. The molecular formula is C18H21N5O. The van der Waals surface area contributed by atoms with Crippen molar-refractivity contribution in [3.8, 4) is 28.4 Å². The van der Waals surface area contributed by atoms with Crippen molar-refractivity contribution in [2.24, 2.45) is 0 Å². The monoisotopic (exact) mass is 323 g/mol. The zero-order valence-corrected chi connectivity index (χ0v) is 14.0. The quantitative estimate of drug-likeness (QED) is 0.752. The van der Waals surface area contributed by atoms with Crippen molar-refractivity contribution in [2.75, 3.05) is 7.11 Å². The number of aromatic amines is 1. The molecule has 2 heterocycles. The van der Waals surface area contributed by atoms with Crippen LogP contribution < -0.4 is 4.74 Å². The van der Waals surface area contributed by atoms with Crippen LogP contribution in [0.25, 0.3) is 22.6 Å². The Hall–Kier alpha value is -2.63. The van der Waals surface area contributed by atoms with E-state index in [9.17, 15) is 0 Å². The molecule has 24 heavy (non-hydrogen) atoms. The maximum atomic E-state index is 5.34. The summed E-state index contributed by atoms with van der Waals surface area (Å²) in [4.78, 5) is 4.82. The van der Waals surface area contributed by atoms with Crippen molar-refractivity contribution in [3.63, 3.8) is 0 Å². The highest BCUT2D eigenvalue weighted by molar-refractivity contribution is 5.77. The van der Waals surface area contributed by atoms with Crippen LogP contribution >= 0.6 is 0 Å². The number of nitrogens with one attached hydrogen (secondary N) is 1. The normalized spacial score (nSPS) is 14.1. The van der Waals surface area contributed by atoms with E-state index in [1.54, 1.807) is 7.11 Å². The van der Waals surface area contributed by atoms with Gasteiger partial charge < -0.3 is 4.74 Å². The van der Waals surface area contributed by atoms with Gasteiger partial charge in [0.15, 0.2) is 11.6 Å². The van der Waals surface area contributed by atoms with Gasteiger partial charge in [-0.1, -0.05) is 19.1 Å². The Morgan fingerprint density at radius 2 is 2.21 bits per heavy atom. The molecule has 0 amide bonds. The van der Waals surface area contributed by atoms with Crippen LogP contribution in [0.3, 0.4) is 0 Å². The minimum Gasteiger partial charge on any atom is -0.497 e. The number of ether oxygens (including phenoxy) is 1. The number of methoxy groups -OCH3 is 1. The molecule has 1 aliphatic rings. The molecule has 1 aromatic carbocycles. The maximum absolute atomic E-state index is 5.34. The molecule has 0 radical (unpaired) electrons. The van der Waals surface area contributed by atoms with E-state index in [4.69, 9.17) is 14.8 Å². The van der Waals surface area contributed by atoms with Gasteiger partial charge in [0.05, 0.1) is 24.6 Å². The van der Waals surface area contributed by atoms with Crippen molar-refractivity contribution in [2.45, 2.75) is 38.6 Å². The van der Waals surface area contributed by atoms with Crippen LogP contribution in [0.5, 0.6) is 5.75 Å². The van der Waals surface area contributed by atoms with Crippen LogP contribution in [0.4, 0.5) is 0 Å². The summed E-state index contributed by atoms with van der Waals surface area (Å²) in [5, 5.41) is 12.1. The Morgan fingerprint density at radius 1 is 1.33 bits per heavy atom. The minimum absolute atomic E-state index is 0.536. The van der Waals surface area contributed by atoms with Crippen LogP contribution in [0, 0.1) is 0 Å². The highest BCUT2D eigenvalue weighted by Crippen LogP contribution is 2.39. The Bertz CT molecular complexity index is 847. The number of nitrogens with zero attached hydrogens (tertiary/aromatic N) is 4. The molecule has 1 N–H and O–H groups in total. The zero-order chi connectivity index (χ0) is 16.5. The molecule has 0 atom stereocenters. The topological polar surface area (TPSA) is 68.6 Å². The number of H-pyrrole nitrogens is 1. The Kier molecular flexibility index (Phi) is 3.80. The Labute approximate surface area is 140 Å². The summed E-state index contributed by atoms with van der Waals surface area (Å²) in [6.45, 7) is 3.01. The first-order valence-corrected chi connectivity index (χ1v) is 8.43. The van der Waals surface area contributed by atoms with Gasteiger partial charge in [-0.3, -0.25) is 5.10 Å². The second-order valence-corrected chi connectivity index (χ2v) is 6.18. The zero-order valence-electron chi connectivity index (χ0n) is 14.0. The third-order valence-corrected chi connectivity index (χ3v) is 4.30. The van der Waals surface area contributed by atoms with Crippen LogP contribution in [0.2, 0.25) is 0 Å². The lowest BCUT2D eigenvalue weighted by molar-refractivity contribution is 0.415. The lowest BCUT2D eigenvalue weighted by atomic mass is 10.1.